The highest BCUT2D eigenvalue weighted by Crippen LogP contribution is 2.47. The number of anilines is 1. The van der Waals surface area contributed by atoms with Crippen LogP contribution in [-0.2, 0) is 13.8 Å². The summed E-state index contributed by atoms with van der Waals surface area (Å²) in [5.41, 5.74) is 0.870. The van der Waals surface area contributed by atoms with Crippen LogP contribution in [0, 0.1) is 5.82 Å². The lowest BCUT2D eigenvalue weighted by Gasteiger charge is -2.28. The number of rotatable bonds is 6. The maximum atomic E-state index is 14.1. The van der Waals surface area contributed by atoms with Gasteiger partial charge in [-0.2, -0.15) is 0 Å². The summed E-state index contributed by atoms with van der Waals surface area (Å²) in [6.07, 6.45) is 0. The van der Waals surface area contributed by atoms with Crippen molar-refractivity contribution in [3.8, 4) is 11.5 Å². The third kappa shape index (κ3) is 3.99. The van der Waals surface area contributed by atoms with E-state index in [1.807, 2.05) is 23.1 Å². The van der Waals surface area contributed by atoms with E-state index in [0.29, 0.717) is 43.1 Å². The van der Waals surface area contributed by atoms with Gasteiger partial charge in [-0.05, 0) is 43.3 Å². The van der Waals surface area contributed by atoms with Gasteiger partial charge in [-0.15, -0.1) is 0 Å². The Morgan fingerprint density at radius 2 is 1.79 bits per heavy atom. The molecule has 6 nitrogen and oxygen atoms in total. The highest BCUT2D eigenvalue weighted by molar-refractivity contribution is 7.74. The standard InChI is InChI=1S/C21H22FN2O4P/c1-2-27-29(25,18-6-4-3-5-7-18)20-21(24-12-14-26-15-13-24)28-19(23-20)16-8-10-17(22)11-9-16/h3-11H,2,12-15H2,1H3/t29-/m1/s1. The normalized spacial score (nSPS) is 16.6. The summed E-state index contributed by atoms with van der Waals surface area (Å²) in [5, 5.41) is 0.551. The molecule has 1 aliphatic rings. The molecule has 3 aromatic rings. The summed E-state index contributed by atoms with van der Waals surface area (Å²) >= 11 is 0. The summed E-state index contributed by atoms with van der Waals surface area (Å²) in [4.78, 5) is 6.56. The molecule has 0 saturated carbocycles. The molecule has 0 spiro atoms. The van der Waals surface area contributed by atoms with Gasteiger partial charge in [0.05, 0.1) is 19.8 Å². The molecule has 2 heterocycles. The van der Waals surface area contributed by atoms with Gasteiger partial charge in [-0.25, -0.2) is 9.37 Å². The average molecular weight is 416 g/mol. The monoisotopic (exact) mass is 416 g/mol. The van der Waals surface area contributed by atoms with Crippen LogP contribution in [0.25, 0.3) is 11.5 Å². The van der Waals surface area contributed by atoms with Crippen molar-refractivity contribution in [2.45, 2.75) is 6.92 Å². The molecule has 1 saturated heterocycles. The highest BCUT2D eigenvalue weighted by atomic mass is 31.2. The van der Waals surface area contributed by atoms with Gasteiger partial charge < -0.3 is 18.6 Å². The van der Waals surface area contributed by atoms with Crippen LogP contribution >= 0.6 is 7.37 Å². The van der Waals surface area contributed by atoms with Crippen LogP contribution in [-0.4, -0.2) is 37.9 Å². The third-order valence-corrected chi connectivity index (χ3v) is 7.12. The van der Waals surface area contributed by atoms with E-state index in [1.54, 1.807) is 31.2 Å². The van der Waals surface area contributed by atoms with Crippen LogP contribution in [0.3, 0.4) is 0 Å². The molecule has 1 aromatic heterocycles. The van der Waals surface area contributed by atoms with E-state index < -0.39 is 7.37 Å². The molecule has 0 N–H and O–H groups in total. The molecule has 0 bridgehead atoms. The first-order valence-electron chi connectivity index (χ1n) is 9.52. The maximum absolute atomic E-state index is 14.1. The quantitative estimate of drug-likeness (QED) is 0.573. The van der Waals surface area contributed by atoms with Gasteiger partial charge in [0.25, 0.3) is 7.37 Å². The lowest BCUT2D eigenvalue weighted by Crippen LogP contribution is -2.39. The van der Waals surface area contributed by atoms with Crippen molar-refractivity contribution < 1.29 is 22.6 Å². The topological polar surface area (TPSA) is 64.8 Å². The largest absolute Gasteiger partial charge is 0.420 e. The third-order valence-electron chi connectivity index (χ3n) is 4.67. The summed E-state index contributed by atoms with van der Waals surface area (Å²) in [5.74, 6) is 0.337. The molecule has 4 rings (SSSR count). The summed E-state index contributed by atoms with van der Waals surface area (Å²) in [7, 11) is -3.50. The zero-order chi connectivity index (χ0) is 20.3. The number of aromatic nitrogens is 1. The minimum absolute atomic E-state index is 0.257. The van der Waals surface area contributed by atoms with Crippen molar-refractivity contribution in [3.05, 3.63) is 60.4 Å². The number of ether oxygens (including phenoxy) is 1. The molecule has 8 heteroatoms. The number of nitrogens with zero attached hydrogens (tertiary/aromatic N) is 2. The first kappa shape index (κ1) is 19.8. The minimum Gasteiger partial charge on any atom is -0.420 e. The number of hydrogen-bond acceptors (Lipinski definition) is 6. The Morgan fingerprint density at radius 1 is 1.10 bits per heavy atom. The lowest BCUT2D eigenvalue weighted by atomic mass is 10.2. The van der Waals surface area contributed by atoms with Crippen LogP contribution in [0.2, 0.25) is 0 Å². The number of hydrogen-bond donors (Lipinski definition) is 0. The zero-order valence-corrected chi connectivity index (χ0v) is 17.0. The fourth-order valence-corrected chi connectivity index (χ4v) is 5.35. The first-order chi connectivity index (χ1) is 14.1. The van der Waals surface area contributed by atoms with Crippen LogP contribution in [0.4, 0.5) is 10.3 Å². The first-order valence-corrected chi connectivity index (χ1v) is 11.1. The fourth-order valence-electron chi connectivity index (χ4n) is 3.25. The Labute approximate surface area is 168 Å². The molecule has 152 valence electrons. The second-order valence-electron chi connectivity index (χ2n) is 6.56. The van der Waals surface area contributed by atoms with E-state index >= 15 is 0 Å². The Bertz CT molecular complexity index is 1000. The van der Waals surface area contributed by atoms with Gasteiger partial charge in [-0.3, -0.25) is 4.57 Å². The maximum Gasteiger partial charge on any atom is 0.284 e. The average Bonchev–Trinajstić information content (AvgIpc) is 3.22. The number of halogens is 1. The molecule has 0 radical (unpaired) electrons. The second-order valence-corrected chi connectivity index (χ2v) is 8.86. The summed E-state index contributed by atoms with van der Waals surface area (Å²) in [6.45, 7) is 4.31. The number of oxazole rings is 1. The summed E-state index contributed by atoms with van der Waals surface area (Å²) < 4.78 is 44.8. The van der Waals surface area contributed by atoms with E-state index in [9.17, 15) is 8.96 Å². The van der Waals surface area contributed by atoms with Gasteiger partial charge in [0.2, 0.25) is 11.8 Å². The minimum atomic E-state index is -3.50. The van der Waals surface area contributed by atoms with Gasteiger partial charge >= 0.3 is 0 Å². The Kier molecular flexibility index (Phi) is 5.81. The predicted molar refractivity (Wildman–Crippen MR) is 110 cm³/mol. The molecule has 0 amide bonds. The SMILES string of the molecule is CCO[P@](=O)(c1ccccc1)c1nc(-c2ccc(F)cc2)oc1N1CCOCC1. The number of benzene rings is 2. The van der Waals surface area contributed by atoms with E-state index in [0.717, 1.165) is 0 Å². The Balaban J connectivity index is 1.87. The van der Waals surface area contributed by atoms with E-state index in [2.05, 4.69) is 4.98 Å². The predicted octanol–water partition coefficient (Wildman–Crippen LogP) is 3.58. The fraction of sp³-hybridized carbons (Fsp3) is 0.286. The second kappa shape index (κ2) is 8.49. The van der Waals surface area contributed by atoms with Gasteiger partial charge in [0.15, 0.2) is 5.44 Å². The lowest BCUT2D eigenvalue weighted by molar-refractivity contribution is 0.121. The molecule has 1 atom stereocenters. The zero-order valence-electron chi connectivity index (χ0n) is 16.1. The summed E-state index contributed by atoms with van der Waals surface area (Å²) in [6, 6.07) is 14.9. The molecular formula is C21H22FN2O4P. The Hall–Kier alpha value is -2.47. The smallest absolute Gasteiger partial charge is 0.284 e. The molecule has 0 unspecified atom stereocenters. The van der Waals surface area contributed by atoms with E-state index in [4.69, 9.17) is 13.7 Å². The van der Waals surface area contributed by atoms with Crippen molar-refractivity contribution in [1.82, 2.24) is 4.98 Å². The van der Waals surface area contributed by atoms with Crippen molar-refractivity contribution >= 4 is 24.0 Å². The van der Waals surface area contributed by atoms with Crippen LogP contribution in [0.5, 0.6) is 0 Å². The van der Waals surface area contributed by atoms with Gasteiger partial charge in [0, 0.05) is 24.0 Å². The van der Waals surface area contributed by atoms with Crippen molar-refractivity contribution in [2.75, 3.05) is 37.8 Å². The molecule has 1 fully saturated rings. The molecule has 29 heavy (non-hydrogen) atoms. The molecular weight excluding hydrogens is 394 g/mol. The number of morpholine rings is 1. The van der Waals surface area contributed by atoms with E-state index in [-0.39, 0.29) is 23.7 Å². The van der Waals surface area contributed by atoms with Crippen molar-refractivity contribution in [1.29, 1.82) is 0 Å². The van der Waals surface area contributed by atoms with Crippen molar-refractivity contribution in [2.24, 2.45) is 0 Å². The molecule has 0 aliphatic carbocycles. The van der Waals surface area contributed by atoms with Crippen LogP contribution in [0.1, 0.15) is 6.92 Å². The van der Waals surface area contributed by atoms with Gasteiger partial charge in [0.1, 0.15) is 5.82 Å². The van der Waals surface area contributed by atoms with Crippen LogP contribution < -0.4 is 15.6 Å². The molecule has 2 aromatic carbocycles. The molecule has 1 aliphatic heterocycles. The highest BCUT2D eigenvalue weighted by Gasteiger charge is 2.38. The Morgan fingerprint density at radius 3 is 2.45 bits per heavy atom. The van der Waals surface area contributed by atoms with E-state index in [1.165, 1.54) is 12.1 Å². The van der Waals surface area contributed by atoms with Crippen molar-refractivity contribution in [3.63, 3.8) is 0 Å². The van der Waals surface area contributed by atoms with Gasteiger partial charge in [-0.1, -0.05) is 18.2 Å². The van der Waals surface area contributed by atoms with Crippen LogP contribution in [0.15, 0.2) is 59.0 Å².